The molecule has 2 aromatic carbocycles. The molecule has 0 amide bonds. The van der Waals surface area contributed by atoms with Gasteiger partial charge in [0.25, 0.3) is 0 Å². The van der Waals surface area contributed by atoms with Gasteiger partial charge < -0.3 is 10.5 Å². The third-order valence-electron chi connectivity index (χ3n) is 4.03. The number of hydrogen-bond donors (Lipinski definition) is 1. The van der Waals surface area contributed by atoms with E-state index in [1.54, 1.807) is 7.11 Å². The molecule has 0 radical (unpaired) electrons. The van der Waals surface area contributed by atoms with Crippen LogP contribution in [0.25, 0.3) is 0 Å². The van der Waals surface area contributed by atoms with Crippen molar-refractivity contribution in [2.75, 3.05) is 7.11 Å². The van der Waals surface area contributed by atoms with Gasteiger partial charge in [-0.05, 0) is 41.5 Å². The molecule has 0 heterocycles. The molecule has 2 N–H and O–H groups in total. The van der Waals surface area contributed by atoms with Gasteiger partial charge in [-0.2, -0.15) is 0 Å². The van der Waals surface area contributed by atoms with Crippen LogP contribution in [0.5, 0.6) is 5.75 Å². The second-order valence-corrected chi connectivity index (χ2v) is 5.22. The summed E-state index contributed by atoms with van der Waals surface area (Å²) < 4.78 is 5.17. The molecule has 0 spiro atoms. The average molecular weight is 253 g/mol. The molecule has 1 fully saturated rings. The predicted molar refractivity (Wildman–Crippen MR) is 77.2 cm³/mol. The number of methoxy groups -OCH3 is 1. The average Bonchev–Trinajstić information content (AvgIpc) is 3.28. The molecule has 0 aromatic heterocycles. The van der Waals surface area contributed by atoms with Crippen molar-refractivity contribution in [1.82, 2.24) is 0 Å². The van der Waals surface area contributed by atoms with Gasteiger partial charge in [-0.1, -0.05) is 42.5 Å². The number of rotatable bonds is 4. The summed E-state index contributed by atoms with van der Waals surface area (Å²) in [5, 5.41) is 0. The third-order valence-corrected chi connectivity index (χ3v) is 4.03. The first-order valence-electron chi connectivity index (χ1n) is 6.74. The zero-order valence-electron chi connectivity index (χ0n) is 11.1. The molecule has 1 aliphatic rings. The molecule has 2 heteroatoms. The summed E-state index contributed by atoms with van der Waals surface area (Å²) in [5.74, 6) is 2.07. The van der Waals surface area contributed by atoms with Crippen molar-refractivity contribution in [3.05, 3.63) is 65.7 Å². The summed E-state index contributed by atoms with van der Waals surface area (Å²) in [6.45, 7) is 0. The Labute approximate surface area is 114 Å². The highest BCUT2D eigenvalue weighted by atomic mass is 16.5. The van der Waals surface area contributed by atoms with Crippen LogP contribution in [0, 0.1) is 5.92 Å². The Morgan fingerprint density at radius 3 is 2.37 bits per heavy atom. The first-order valence-corrected chi connectivity index (χ1v) is 6.74. The van der Waals surface area contributed by atoms with Gasteiger partial charge in [-0.3, -0.25) is 0 Å². The quantitative estimate of drug-likeness (QED) is 0.905. The Bertz CT molecular complexity index is 535. The van der Waals surface area contributed by atoms with Gasteiger partial charge in [-0.25, -0.2) is 0 Å². The number of hydrogen-bond acceptors (Lipinski definition) is 2. The lowest BCUT2D eigenvalue weighted by atomic mass is 9.99. The van der Waals surface area contributed by atoms with Crippen molar-refractivity contribution in [3.63, 3.8) is 0 Å². The van der Waals surface area contributed by atoms with Gasteiger partial charge in [0.15, 0.2) is 0 Å². The maximum absolute atomic E-state index is 6.38. The van der Waals surface area contributed by atoms with Crippen LogP contribution in [0.15, 0.2) is 54.6 Å². The normalized spacial score (nSPS) is 22.8. The highest BCUT2D eigenvalue weighted by Crippen LogP contribution is 2.53. The highest BCUT2D eigenvalue weighted by Gasteiger charge is 2.42. The predicted octanol–water partition coefficient (Wildman–Crippen LogP) is 3.50. The molecule has 3 atom stereocenters. The van der Waals surface area contributed by atoms with Crippen molar-refractivity contribution in [3.8, 4) is 5.75 Å². The van der Waals surface area contributed by atoms with Crippen LogP contribution in [0.2, 0.25) is 0 Å². The molecule has 0 bridgehead atoms. The van der Waals surface area contributed by atoms with E-state index in [1.165, 1.54) is 17.5 Å². The zero-order valence-corrected chi connectivity index (χ0v) is 11.1. The molecular formula is C17H19NO. The molecule has 19 heavy (non-hydrogen) atoms. The Hall–Kier alpha value is -1.80. The molecule has 2 nitrogen and oxygen atoms in total. The van der Waals surface area contributed by atoms with E-state index in [0.717, 1.165) is 5.75 Å². The Morgan fingerprint density at radius 2 is 1.74 bits per heavy atom. The smallest absolute Gasteiger partial charge is 0.118 e. The maximum Gasteiger partial charge on any atom is 0.118 e. The van der Waals surface area contributed by atoms with Crippen molar-refractivity contribution in [2.45, 2.75) is 18.4 Å². The topological polar surface area (TPSA) is 35.2 Å². The van der Waals surface area contributed by atoms with Gasteiger partial charge in [0.05, 0.1) is 7.11 Å². The first-order chi connectivity index (χ1) is 9.29. The Kier molecular flexibility index (Phi) is 3.26. The Balaban J connectivity index is 1.70. The molecule has 1 saturated carbocycles. The second-order valence-electron chi connectivity index (χ2n) is 5.22. The SMILES string of the molecule is COc1ccc(C(N)C2CC2c2ccccc2)cc1. The van der Waals surface area contributed by atoms with E-state index >= 15 is 0 Å². The summed E-state index contributed by atoms with van der Waals surface area (Å²) in [6, 6.07) is 18.9. The lowest BCUT2D eigenvalue weighted by Gasteiger charge is -2.12. The first kappa shape index (κ1) is 12.2. The summed E-state index contributed by atoms with van der Waals surface area (Å²) in [4.78, 5) is 0. The van der Waals surface area contributed by atoms with Gasteiger partial charge in [-0.15, -0.1) is 0 Å². The largest absolute Gasteiger partial charge is 0.497 e. The molecule has 98 valence electrons. The second kappa shape index (κ2) is 5.06. The highest BCUT2D eigenvalue weighted by molar-refractivity contribution is 5.33. The minimum Gasteiger partial charge on any atom is -0.497 e. The minimum absolute atomic E-state index is 0.121. The van der Waals surface area contributed by atoms with Crippen LogP contribution >= 0.6 is 0 Å². The molecule has 1 aliphatic carbocycles. The van der Waals surface area contributed by atoms with E-state index in [-0.39, 0.29) is 6.04 Å². The fraction of sp³-hybridized carbons (Fsp3) is 0.294. The maximum atomic E-state index is 6.38. The van der Waals surface area contributed by atoms with Crippen molar-refractivity contribution in [2.24, 2.45) is 11.7 Å². The lowest BCUT2D eigenvalue weighted by molar-refractivity contribution is 0.414. The third kappa shape index (κ3) is 2.49. The molecule has 0 saturated heterocycles. The van der Waals surface area contributed by atoms with E-state index < -0.39 is 0 Å². The van der Waals surface area contributed by atoms with Gasteiger partial charge in [0.2, 0.25) is 0 Å². The van der Waals surface area contributed by atoms with E-state index in [4.69, 9.17) is 10.5 Å². The van der Waals surface area contributed by atoms with Crippen LogP contribution in [-0.4, -0.2) is 7.11 Å². The molecule has 0 aliphatic heterocycles. The number of nitrogens with two attached hydrogens (primary N) is 1. The lowest BCUT2D eigenvalue weighted by Crippen LogP contribution is -2.13. The standard InChI is InChI=1S/C17H19NO/c1-19-14-9-7-13(8-10-14)17(18)16-11-15(16)12-5-3-2-4-6-12/h2-10,15-17H,11,18H2,1H3. The van der Waals surface area contributed by atoms with Gasteiger partial charge in [0, 0.05) is 6.04 Å². The van der Waals surface area contributed by atoms with E-state index in [0.29, 0.717) is 11.8 Å². The van der Waals surface area contributed by atoms with E-state index in [1.807, 2.05) is 12.1 Å². The molecule has 3 unspecified atom stereocenters. The van der Waals surface area contributed by atoms with Crippen molar-refractivity contribution >= 4 is 0 Å². The van der Waals surface area contributed by atoms with Crippen LogP contribution < -0.4 is 10.5 Å². The minimum atomic E-state index is 0.121. The summed E-state index contributed by atoms with van der Waals surface area (Å²) in [5.41, 5.74) is 8.99. The van der Waals surface area contributed by atoms with Crippen LogP contribution in [-0.2, 0) is 0 Å². The molecule has 3 rings (SSSR count). The van der Waals surface area contributed by atoms with Crippen LogP contribution in [0.1, 0.15) is 29.5 Å². The summed E-state index contributed by atoms with van der Waals surface area (Å²) in [7, 11) is 1.68. The number of ether oxygens (including phenoxy) is 1. The van der Waals surface area contributed by atoms with E-state index in [2.05, 4.69) is 42.5 Å². The monoisotopic (exact) mass is 253 g/mol. The van der Waals surface area contributed by atoms with Gasteiger partial charge >= 0.3 is 0 Å². The van der Waals surface area contributed by atoms with Crippen molar-refractivity contribution < 1.29 is 4.74 Å². The van der Waals surface area contributed by atoms with Gasteiger partial charge in [0.1, 0.15) is 5.75 Å². The molecule has 2 aromatic rings. The fourth-order valence-corrected chi connectivity index (χ4v) is 2.77. The fourth-order valence-electron chi connectivity index (χ4n) is 2.77. The van der Waals surface area contributed by atoms with Crippen molar-refractivity contribution in [1.29, 1.82) is 0 Å². The van der Waals surface area contributed by atoms with E-state index in [9.17, 15) is 0 Å². The van der Waals surface area contributed by atoms with Crippen LogP contribution in [0.4, 0.5) is 0 Å². The van der Waals surface area contributed by atoms with Crippen LogP contribution in [0.3, 0.4) is 0 Å². The Morgan fingerprint density at radius 1 is 1.05 bits per heavy atom. The summed E-state index contributed by atoms with van der Waals surface area (Å²) >= 11 is 0. The zero-order chi connectivity index (χ0) is 13.2. The summed E-state index contributed by atoms with van der Waals surface area (Å²) in [6.07, 6.45) is 1.19. The molecular weight excluding hydrogens is 234 g/mol. The number of benzene rings is 2.